The Bertz CT molecular complexity index is 989. The number of aliphatic carboxylic acids is 1. The number of rotatable bonds is 6. The van der Waals surface area contributed by atoms with Crippen molar-refractivity contribution in [3.05, 3.63) is 41.7 Å². The molecule has 0 aliphatic carbocycles. The van der Waals surface area contributed by atoms with E-state index in [0.29, 0.717) is 29.0 Å². The van der Waals surface area contributed by atoms with Crippen molar-refractivity contribution < 1.29 is 14.7 Å². The SMILES string of the molecule is Nc1nc(N)c2nc(CNc3ccc(CC(=O)C(=O)O)cc3)cnc2n1. The van der Waals surface area contributed by atoms with Gasteiger partial charge in [-0.25, -0.2) is 14.8 Å². The van der Waals surface area contributed by atoms with Crippen LogP contribution in [0.15, 0.2) is 30.5 Å². The highest BCUT2D eigenvalue weighted by atomic mass is 16.4. The van der Waals surface area contributed by atoms with Crippen LogP contribution in [0, 0.1) is 0 Å². The first-order chi connectivity index (χ1) is 12.4. The van der Waals surface area contributed by atoms with Gasteiger partial charge in [0.2, 0.25) is 11.7 Å². The van der Waals surface area contributed by atoms with Crippen LogP contribution in [0.2, 0.25) is 0 Å². The van der Waals surface area contributed by atoms with Crippen molar-refractivity contribution in [3.8, 4) is 0 Å². The summed E-state index contributed by atoms with van der Waals surface area (Å²) in [7, 11) is 0. The third-order valence-corrected chi connectivity index (χ3v) is 3.53. The van der Waals surface area contributed by atoms with Gasteiger partial charge in [-0.2, -0.15) is 9.97 Å². The smallest absolute Gasteiger partial charge is 0.372 e. The van der Waals surface area contributed by atoms with Crippen LogP contribution >= 0.6 is 0 Å². The molecule has 0 amide bonds. The molecule has 132 valence electrons. The number of nitrogens with zero attached hydrogens (tertiary/aromatic N) is 4. The number of Topliss-reactive ketones (excluding diaryl/α,β-unsaturated/α-hetero) is 1. The summed E-state index contributed by atoms with van der Waals surface area (Å²) in [5.41, 5.74) is 14.0. The van der Waals surface area contributed by atoms with E-state index in [2.05, 4.69) is 25.3 Å². The summed E-state index contributed by atoms with van der Waals surface area (Å²) in [5, 5.41) is 11.8. The number of aromatic nitrogens is 4. The molecular weight excluding hydrogens is 338 g/mol. The zero-order chi connectivity index (χ0) is 18.7. The minimum Gasteiger partial charge on any atom is -0.475 e. The van der Waals surface area contributed by atoms with Crippen molar-refractivity contribution in [2.24, 2.45) is 0 Å². The Hall–Kier alpha value is -3.82. The van der Waals surface area contributed by atoms with E-state index in [-0.39, 0.29) is 18.2 Å². The minimum atomic E-state index is -1.44. The van der Waals surface area contributed by atoms with E-state index in [0.717, 1.165) is 5.69 Å². The van der Waals surface area contributed by atoms with Crippen molar-refractivity contribution in [1.82, 2.24) is 19.9 Å². The van der Waals surface area contributed by atoms with Crippen LogP contribution < -0.4 is 16.8 Å². The van der Waals surface area contributed by atoms with E-state index in [4.69, 9.17) is 16.6 Å². The number of ketones is 1. The molecule has 1 aromatic carbocycles. The molecule has 10 nitrogen and oxygen atoms in total. The fourth-order valence-corrected chi connectivity index (χ4v) is 2.26. The predicted molar refractivity (Wildman–Crippen MR) is 94.1 cm³/mol. The molecule has 0 bridgehead atoms. The largest absolute Gasteiger partial charge is 0.475 e. The topological polar surface area (TPSA) is 170 Å². The molecule has 10 heteroatoms. The maximum absolute atomic E-state index is 11.2. The van der Waals surface area contributed by atoms with E-state index >= 15 is 0 Å². The van der Waals surface area contributed by atoms with E-state index in [1.165, 1.54) is 0 Å². The Morgan fingerprint density at radius 3 is 2.50 bits per heavy atom. The summed E-state index contributed by atoms with van der Waals surface area (Å²) in [6.07, 6.45) is 1.41. The lowest BCUT2D eigenvalue weighted by Gasteiger charge is -2.08. The highest BCUT2D eigenvalue weighted by Gasteiger charge is 2.12. The standard InChI is InChI=1S/C16H15N7O3/c17-13-12-14(23-16(18)22-13)20-7-10(21-12)6-19-9-3-1-8(2-4-9)5-11(24)15(25)26/h1-4,7,19H,5-6H2,(H,25,26)(H4,17,18,20,22,23). The zero-order valence-electron chi connectivity index (χ0n) is 13.5. The van der Waals surface area contributed by atoms with E-state index in [9.17, 15) is 9.59 Å². The quantitative estimate of drug-likeness (QED) is 0.454. The number of carboxylic acid groups (broad SMARTS) is 1. The Kier molecular flexibility index (Phi) is 4.56. The number of carboxylic acids is 1. The van der Waals surface area contributed by atoms with Gasteiger partial charge in [-0.3, -0.25) is 4.79 Å². The number of nitrogen functional groups attached to an aromatic ring is 2. The van der Waals surface area contributed by atoms with Crippen LogP contribution in [0.25, 0.3) is 11.2 Å². The number of nitrogens with one attached hydrogen (secondary N) is 1. The summed E-state index contributed by atoms with van der Waals surface area (Å²) < 4.78 is 0. The van der Waals surface area contributed by atoms with Gasteiger partial charge in [0, 0.05) is 12.1 Å². The number of carbonyl (C=O) groups excluding carboxylic acids is 1. The van der Waals surface area contributed by atoms with Gasteiger partial charge >= 0.3 is 5.97 Å². The molecule has 0 radical (unpaired) electrons. The first-order valence-electron chi connectivity index (χ1n) is 7.56. The number of hydrogen-bond donors (Lipinski definition) is 4. The molecule has 26 heavy (non-hydrogen) atoms. The van der Waals surface area contributed by atoms with Crippen molar-refractivity contribution in [3.63, 3.8) is 0 Å². The number of benzene rings is 1. The fraction of sp³-hybridized carbons (Fsp3) is 0.125. The average molecular weight is 353 g/mol. The Morgan fingerprint density at radius 2 is 1.81 bits per heavy atom. The first-order valence-corrected chi connectivity index (χ1v) is 7.56. The average Bonchev–Trinajstić information content (AvgIpc) is 2.61. The molecule has 2 heterocycles. The van der Waals surface area contributed by atoms with Gasteiger partial charge in [-0.1, -0.05) is 12.1 Å². The third-order valence-electron chi connectivity index (χ3n) is 3.53. The Morgan fingerprint density at radius 1 is 1.08 bits per heavy atom. The van der Waals surface area contributed by atoms with Crippen LogP contribution in [0.5, 0.6) is 0 Å². The van der Waals surface area contributed by atoms with Gasteiger partial charge in [0.25, 0.3) is 0 Å². The van der Waals surface area contributed by atoms with E-state index in [1.807, 2.05) is 0 Å². The maximum atomic E-state index is 11.2. The second-order valence-electron chi connectivity index (χ2n) is 5.46. The summed E-state index contributed by atoms with van der Waals surface area (Å²) in [5.74, 6) is -2.09. The van der Waals surface area contributed by atoms with Gasteiger partial charge in [0.15, 0.2) is 17.0 Å². The molecule has 3 rings (SSSR count). The summed E-state index contributed by atoms with van der Waals surface area (Å²) in [6.45, 7) is 0.375. The number of hydrogen-bond acceptors (Lipinski definition) is 9. The van der Waals surface area contributed by atoms with Crippen LogP contribution in [0.4, 0.5) is 17.5 Å². The van der Waals surface area contributed by atoms with Crippen LogP contribution in [-0.4, -0.2) is 36.8 Å². The van der Waals surface area contributed by atoms with Gasteiger partial charge in [0.1, 0.15) is 0 Å². The second-order valence-corrected chi connectivity index (χ2v) is 5.46. The molecule has 0 atom stereocenters. The molecule has 0 saturated carbocycles. The van der Waals surface area contributed by atoms with Gasteiger partial charge in [-0.15, -0.1) is 0 Å². The van der Waals surface area contributed by atoms with E-state index < -0.39 is 11.8 Å². The summed E-state index contributed by atoms with van der Waals surface area (Å²) in [6, 6.07) is 6.86. The Balaban J connectivity index is 1.68. The van der Waals surface area contributed by atoms with Crippen molar-refractivity contribution >= 4 is 40.4 Å². The lowest BCUT2D eigenvalue weighted by Crippen LogP contribution is -2.14. The zero-order valence-corrected chi connectivity index (χ0v) is 13.5. The summed E-state index contributed by atoms with van der Waals surface area (Å²) >= 11 is 0. The van der Waals surface area contributed by atoms with Gasteiger partial charge in [0.05, 0.1) is 18.4 Å². The van der Waals surface area contributed by atoms with Gasteiger partial charge < -0.3 is 21.9 Å². The Labute approximate surface area is 147 Å². The summed E-state index contributed by atoms with van der Waals surface area (Å²) in [4.78, 5) is 38.1. The molecule has 0 aliphatic rings. The maximum Gasteiger partial charge on any atom is 0.372 e. The lowest BCUT2D eigenvalue weighted by atomic mass is 10.1. The van der Waals surface area contributed by atoms with Crippen LogP contribution in [-0.2, 0) is 22.6 Å². The number of fused-ring (bicyclic) bond motifs is 1. The van der Waals surface area contributed by atoms with Gasteiger partial charge in [-0.05, 0) is 17.7 Å². The van der Waals surface area contributed by atoms with E-state index in [1.54, 1.807) is 30.5 Å². The molecule has 0 unspecified atom stereocenters. The molecular formula is C16H15N7O3. The fourth-order valence-electron chi connectivity index (χ4n) is 2.26. The molecule has 2 aromatic heterocycles. The molecule has 0 spiro atoms. The predicted octanol–water partition coefficient (Wildman–Crippen LogP) is 0.392. The van der Waals surface area contributed by atoms with Crippen LogP contribution in [0.1, 0.15) is 11.3 Å². The first kappa shape index (κ1) is 17.0. The van der Waals surface area contributed by atoms with Crippen LogP contribution in [0.3, 0.4) is 0 Å². The monoisotopic (exact) mass is 353 g/mol. The second kappa shape index (κ2) is 6.97. The highest BCUT2D eigenvalue weighted by Crippen LogP contribution is 2.16. The molecule has 3 aromatic rings. The number of nitrogens with two attached hydrogens (primary N) is 2. The lowest BCUT2D eigenvalue weighted by molar-refractivity contribution is -0.148. The molecule has 6 N–H and O–H groups in total. The highest BCUT2D eigenvalue weighted by molar-refractivity contribution is 6.33. The third kappa shape index (κ3) is 3.80. The number of anilines is 3. The van der Waals surface area contributed by atoms with Crippen molar-refractivity contribution in [2.75, 3.05) is 16.8 Å². The van der Waals surface area contributed by atoms with Crippen molar-refractivity contribution in [2.45, 2.75) is 13.0 Å². The minimum absolute atomic E-state index is 0.0386. The molecule has 0 fully saturated rings. The normalized spacial score (nSPS) is 10.6. The molecule has 0 saturated heterocycles. The molecule has 0 aliphatic heterocycles. The number of carbonyl (C=O) groups is 2. The van der Waals surface area contributed by atoms with Crippen molar-refractivity contribution in [1.29, 1.82) is 0 Å².